The monoisotopic (exact) mass is 133 g/mol. The van der Waals surface area contributed by atoms with Crippen molar-refractivity contribution >= 4 is 0 Å². The Morgan fingerprint density at radius 2 is 2.40 bits per heavy atom. The number of hydrogen-bond donors (Lipinski definition) is 0. The number of hydrogen-bond acceptors (Lipinski definition) is 1. The first-order chi connectivity index (χ1) is 4.93. The van der Waals surface area contributed by atoms with Crippen LogP contribution in [0.1, 0.15) is 6.42 Å². The van der Waals surface area contributed by atoms with Gasteiger partial charge in [-0.2, -0.15) is 0 Å². The van der Waals surface area contributed by atoms with Crippen molar-refractivity contribution < 1.29 is 0 Å². The first-order valence-corrected chi connectivity index (χ1v) is 3.44. The van der Waals surface area contributed by atoms with Crippen LogP contribution in [0.5, 0.6) is 0 Å². The standard InChI is InChI=1S/C9H11N/c1-2-3-7-10-8-5-4-6-9-10/h1,4-6,8H,3,7,9H2. The van der Waals surface area contributed by atoms with E-state index in [-0.39, 0.29) is 0 Å². The second-order valence-electron chi connectivity index (χ2n) is 2.22. The van der Waals surface area contributed by atoms with Crippen molar-refractivity contribution in [3.63, 3.8) is 0 Å². The molecule has 0 N–H and O–H groups in total. The van der Waals surface area contributed by atoms with Gasteiger partial charge in [-0.15, -0.1) is 12.3 Å². The molecule has 0 aliphatic carbocycles. The van der Waals surface area contributed by atoms with Crippen LogP contribution < -0.4 is 0 Å². The Kier molecular flexibility index (Phi) is 2.63. The van der Waals surface area contributed by atoms with E-state index in [2.05, 4.69) is 23.1 Å². The maximum atomic E-state index is 5.13. The summed E-state index contributed by atoms with van der Waals surface area (Å²) >= 11 is 0. The average Bonchev–Trinajstić information content (AvgIpc) is 2.03. The average molecular weight is 133 g/mol. The lowest BCUT2D eigenvalue weighted by molar-refractivity contribution is 0.422. The minimum absolute atomic E-state index is 0.832. The fourth-order valence-corrected chi connectivity index (χ4v) is 0.881. The van der Waals surface area contributed by atoms with Crippen LogP contribution in [0.15, 0.2) is 24.4 Å². The third-order valence-electron chi connectivity index (χ3n) is 1.43. The van der Waals surface area contributed by atoms with Gasteiger partial charge in [0.25, 0.3) is 0 Å². The van der Waals surface area contributed by atoms with E-state index in [0.717, 1.165) is 19.5 Å². The first kappa shape index (κ1) is 6.95. The van der Waals surface area contributed by atoms with Crippen molar-refractivity contribution in [2.45, 2.75) is 6.42 Å². The molecule has 0 aromatic rings. The van der Waals surface area contributed by atoms with Crippen LogP contribution in [-0.4, -0.2) is 18.0 Å². The Balaban J connectivity index is 2.25. The molecular formula is C9H11N. The highest BCUT2D eigenvalue weighted by Gasteiger charge is 1.95. The lowest BCUT2D eigenvalue weighted by atomic mass is 10.3. The molecule has 0 saturated carbocycles. The summed E-state index contributed by atoms with van der Waals surface area (Å²) in [5.74, 6) is 2.62. The van der Waals surface area contributed by atoms with Crippen LogP contribution >= 0.6 is 0 Å². The zero-order valence-corrected chi connectivity index (χ0v) is 5.96. The quantitative estimate of drug-likeness (QED) is 0.514. The summed E-state index contributed by atoms with van der Waals surface area (Å²) in [5, 5.41) is 0. The molecule has 0 radical (unpaired) electrons. The summed E-state index contributed by atoms with van der Waals surface area (Å²) in [6.07, 6.45) is 14.2. The van der Waals surface area contributed by atoms with Crippen molar-refractivity contribution in [1.29, 1.82) is 0 Å². The molecule has 0 aromatic carbocycles. The lowest BCUT2D eigenvalue weighted by Crippen LogP contribution is -2.19. The summed E-state index contributed by atoms with van der Waals surface area (Å²) in [4.78, 5) is 2.19. The Bertz CT molecular complexity index is 183. The Hall–Kier alpha value is -1.16. The van der Waals surface area contributed by atoms with Crippen LogP contribution in [0.2, 0.25) is 0 Å². The normalized spacial score (nSPS) is 15.3. The summed E-state index contributed by atoms with van der Waals surface area (Å²) in [6, 6.07) is 0. The van der Waals surface area contributed by atoms with E-state index < -0.39 is 0 Å². The van der Waals surface area contributed by atoms with Gasteiger partial charge < -0.3 is 4.90 Å². The van der Waals surface area contributed by atoms with Crippen molar-refractivity contribution in [2.75, 3.05) is 13.1 Å². The second-order valence-corrected chi connectivity index (χ2v) is 2.22. The molecule has 10 heavy (non-hydrogen) atoms. The van der Waals surface area contributed by atoms with Gasteiger partial charge >= 0.3 is 0 Å². The molecule has 1 rings (SSSR count). The van der Waals surface area contributed by atoms with E-state index in [1.165, 1.54) is 0 Å². The van der Waals surface area contributed by atoms with E-state index in [9.17, 15) is 0 Å². The molecular weight excluding hydrogens is 122 g/mol. The fraction of sp³-hybridized carbons (Fsp3) is 0.333. The molecule has 1 nitrogen and oxygen atoms in total. The smallest absolute Gasteiger partial charge is 0.0357 e. The highest BCUT2D eigenvalue weighted by Crippen LogP contribution is 1.98. The van der Waals surface area contributed by atoms with E-state index in [1.807, 2.05) is 12.2 Å². The zero-order valence-electron chi connectivity index (χ0n) is 5.96. The summed E-state index contributed by atoms with van der Waals surface area (Å²) < 4.78 is 0. The van der Waals surface area contributed by atoms with Gasteiger partial charge in [0.15, 0.2) is 0 Å². The number of terminal acetylenes is 1. The topological polar surface area (TPSA) is 3.24 Å². The van der Waals surface area contributed by atoms with Gasteiger partial charge in [-0.05, 0) is 12.3 Å². The van der Waals surface area contributed by atoms with Crippen molar-refractivity contribution in [3.8, 4) is 12.3 Å². The molecule has 1 heteroatoms. The molecule has 0 unspecified atom stereocenters. The minimum Gasteiger partial charge on any atom is -0.373 e. The lowest BCUT2D eigenvalue weighted by Gasteiger charge is -2.18. The Morgan fingerprint density at radius 3 is 3.00 bits per heavy atom. The van der Waals surface area contributed by atoms with E-state index in [1.54, 1.807) is 0 Å². The first-order valence-electron chi connectivity index (χ1n) is 3.44. The molecule has 0 fully saturated rings. The molecule has 0 spiro atoms. The predicted molar refractivity (Wildman–Crippen MR) is 43.3 cm³/mol. The molecule has 0 aromatic heterocycles. The zero-order chi connectivity index (χ0) is 7.23. The molecule has 1 heterocycles. The fourth-order valence-electron chi connectivity index (χ4n) is 0.881. The molecule has 0 bridgehead atoms. The molecule has 1 aliphatic rings. The van der Waals surface area contributed by atoms with Gasteiger partial charge in [0.05, 0.1) is 0 Å². The van der Waals surface area contributed by atoms with E-state index in [4.69, 9.17) is 6.42 Å². The van der Waals surface area contributed by atoms with Gasteiger partial charge in [-0.3, -0.25) is 0 Å². The van der Waals surface area contributed by atoms with Crippen LogP contribution in [-0.2, 0) is 0 Å². The number of allylic oxidation sites excluding steroid dienone is 2. The molecule has 0 atom stereocenters. The maximum absolute atomic E-state index is 5.13. The van der Waals surface area contributed by atoms with Gasteiger partial charge in [0.2, 0.25) is 0 Å². The van der Waals surface area contributed by atoms with Crippen molar-refractivity contribution in [2.24, 2.45) is 0 Å². The molecule has 52 valence electrons. The third kappa shape index (κ3) is 1.99. The maximum Gasteiger partial charge on any atom is 0.0357 e. The SMILES string of the molecule is C#CCCN1C=CC=CC1. The molecule has 1 aliphatic heterocycles. The van der Waals surface area contributed by atoms with Gasteiger partial charge in [0.1, 0.15) is 0 Å². The van der Waals surface area contributed by atoms with Crippen molar-refractivity contribution in [1.82, 2.24) is 4.90 Å². The van der Waals surface area contributed by atoms with Crippen LogP contribution in [0.25, 0.3) is 0 Å². The molecule has 0 amide bonds. The Morgan fingerprint density at radius 1 is 1.50 bits per heavy atom. The van der Waals surface area contributed by atoms with Gasteiger partial charge in [0, 0.05) is 19.5 Å². The third-order valence-corrected chi connectivity index (χ3v) is 1.43. The van der Waals surface area contributed by atoms with Gasteiger partial charge in [-0.25, -0.2) is 0 Å². The summed E-state index contributed by atoms with van der Waals surface area (Å²) in [7, 11) is 0. The van der Waals surface area contributed by atoms with Crippen LogP contribution in [0.4, 0.5) is 0 Å². The highest BCUT2D eigenvalue weighted by molar-refractivity contribution is 5.08. The minimum atomic E-state index is 0.832. The van der Waals surface area contributed by atoms with E-state index in [0.29, 0.717) is 0 Å². The largest absolute Gasteiger partial charge is 0.373 e. The van der Waals surface area contributed by atoms with E-state index >= 15 is 0 Å². The van der Waals surface area contributed by atoms with Crippen molar-refractivity contribution in [3.05, 3.63) is 24.4 Å². The van der Waals surface area contributed by atoms with Gasteiger partial charge in [-0.1, -0.05) is 12.2 Å². The van der Waals surface area contributed by atoms with Crippen LogP contribution in [0, 0.1) is 12.3 Å². The van der Waals surface area contributed by atoms with Crippen LogP contribution in [0.3, 0.4) is 0 Å². The predicted octanol–water partition coefficient (Wildman–Crippen LogP) is 1.40. The second kappa shape index (κ2) is 3.79. The molecule has 0 saturated heterocycles. The Labute approximate surface area is 62.0 Å². The summed E-state index contributed by atoms with van der Waals surface area (Å²) in [5.41, 5.74) is 0. The number of rotatable bonds is 2. The summed E-state index contributed by atoms with van der Waals surface area (Å²) in [6.45, 7) is 1.97. The highest BCUT2D eigenvalue weighted by atomic mass is 15.1. The number of nitrogens with zero attached hydrogens (tertiary/aromatic N) is 1.